The number of aliphatic carboxylic acids is 1. The Hall–Kier alpha value is -3.28. The Morgan fingerprint density at radius 2 is 1.97 bits per heavy atom. The molecule has 0 aliphatic heterocycles. The number of ether oxygens (including phenoxy) is 1. The molecular formula is C21H23ClF3N3O6. The van der Waals surface area contributed by atoms with E-state index in [2.05, 4.69) is 5.32 Å². The van der Waals surface area contributed by atoms with E-state index in [1.807, 2.05) is 0 Å². The fourth-order valence-electron chi connectivity index (χ4n) is 3.55. The highest BCUT2D eigenvalue weighted by atomic mass is 35.5. The number of benzene rings is 1. The number of hydrogen-bond acceptors (Lipinski definition) is 5. The summed E-state index contributed by atoms with van der Waals surface area (Å²) in [5.41, 5.74) is -3.27. The molecule has 0 fully saturated rings. The predicted octanol–water partition coefficient (Wildman–Crippen LogP) is 4.35. The van der Waals surface area contributed by atoms with Gasteiger partial charge in [-0.15, -0.1) is 0 Å². The highest BCUT2D eigenvalue weighted by Crippen LogP contribution is 2.38. The van der Waals surface area contributed by atoms with Crippen molar-refractivity contribution < 1.29 is 37.5 Å². The molecule has 2 amide bonds. The zero-order valence-corrected chi connectivity index (χ0v) is 19.2. The van der Waals surface area contributed by atoms with Crippen LogP contribution in [-0.4, -0.2) is 51.6 Å². The maximum atomic E-state index is 12.8. The Labute approximate surface area is 198 Å². The van der Waals surface area contributed by atoms with Crippen LogP contribution in [0.1, 0.15) is 26.3 Å². The molecule has 2 rings (SSSR count). The molecule has 1 aliphatic carbocycles. The van der Waals surface area contributed by atoms with E-state index in [4.69, 9.17) is 16.3 Å². The summed E-state index contributed by atoms with van der Waals surface area (Å²) >= 11 is 5.87. The molecule has 0 heterocycles. The normalized spacial score (nSPS) is 20.8. The van der Waals surface area contributed by atoms with Gasteiger partial charge in [0.2, 0.25) is 0 Å². The maximum Gasteiger partial charge on any atom is 0.416 e. The van der Waals surface area contributed by atoms with Gasteiger partial charge < -0.3 is 20.1 Å². The predicted molar refractivity (Wildman–Crippen MR) is 116 cm³/mol. The minimum atomic E-state index is -4.63. The molecule has 9 nitrogen and oxygen atoms in total. The van der Waals surface area contributed by atoms with Crippen LogP contribution >= 0.6 is 11.6 Å². The molecule has 0 saturated heterocycles. The number of halogens is 4. The summed E-state index contributed by atoms with van der Waals surface area (Å²) in [5, 5.41) is 24.0. The van der Waals surface area contributed by atoms with E-state index < -0.39 is 46.2 Å². The first-order valence-corrected chi connectivity index (χ1v) is 10.5. The lowest BCUT2D eigenvalue weighted by Gasteiger charge is -2.35. The average molecular weight is 506 g/mol. The molecular weight excluding hydrogens is 483 g/mol. The number of hydrogen-bond donors (Lipinski definition) is 2. The summed E-state index contributed by atoms with van der Waals surface area (Å²) in [6, 6.07) is 0.483. The number of carbonyl (C=O) groups is 2. The van der Waals surface area contributed by atoms with Crippen molar-refractivity contribution in [3.8, 4) is 5.75 Å². The fourth-order valence-corrected chi connectivity index (χ4v) is 3.76. The van der Waals surface area contributed by atoms with E-state index >= 15 is 0 Å². The highest BCUT2D eigenvalue weighted by Gasteiger charge is 2.58. The van der Waals surface area contributed by atoms with Crippen molar-refractivity contribution in [2.45, 2.75) is 38.5 Å². The molecule has 0 aromatic heterocycles. The van der Waals surface area contributed by atoms with Crippen molar-refractivity contribution in [2.24, 2.45) is 5.92 Å². The van der Waals surface area contributed by atoms with Gasteiger partial charge in [-0.05, 0) is 57.2 Å². The van der Waals surface area contributed by atoms with Crippen LogP contribution in [0.5, 0.6) is 5.75 Å². The summed E-state index contributed by atoms with van der Waals surface area (Å²) in [6.07, 6.45) is -1.56. The molecule has 34 heavy (non-hydrogen) atoms. The van der Waals surface area contributed by atoms with Crippen LogP contribution in [0.25, 0.3) is 0 Å². The second kappa shape index (κ2) is 10.3. The van der Waals surface area contributed by atoms with Gasteiger partial charge in [-0.3, -0.25) is 14.9 Å². The lowest BCUT2D eigenvalue weighted by atomic mass is 9.75. The zero-order chi connectivity index (χ0) is 25.8. The number of carboxylic acids is 1. The SMILES string of the molecule is CCN(CC)C(=O)NC(C)C1([N+](=O)[O-])C=CC(Oc2ccc(C(F)(F)F)cc2Cl)=CC1C(=O)O. The molecule has 1 aromatic rings. The molecule has 186 valence electrons. The molecule has 0 saturated carbocycles. The van der Waals surface area contributed by atoms with E-state index in [1.54, 1.807) is 13.8 Å². The molecule has 3 atom stereocenters. The summed E-state index contributed by atoms with van der Waals surface area (Å²) < 4.78 is 43.9. The molecule has 1 aliphatic rings. The van der Waals surface area contributed by atoms with Crippen molar-refractivity contribution in [1.29, 1.82) is 0 Å². The van der Waals surface area contributed by atoms with Gasteiger partial charge in [0.25, 0.3) is 5.54 Å². The second-order valence-electron chi connectivity index (χ2n) is 7.45. The van der Waals surface area contributed by atoms with Crippen LogP contribution in [0.3, 0.4) is 0 Å². The number of amides is 2. The molecule has 13 heteroatoms. The van der Waals surface area contributed by atoms with Gasteiger partial charge in [0, 0.05) is 18.0 Å². The number of nitrogens with zero attached hydrogens (tertiary/aromatic N) is 2. The number of nitro groups is 1. The van der Waals surface area contributed by atoms with E-state index in [0.717, 1.165) is 30.4 Å². The maximum absolute atomic E-state index is 12.8. The van der Waals surface area contributed by atoms with Gasteiger partial charge in [0.1, 0.15) is 17.6 Å². The number of urea groups is 1. The van der Waals surface area contributed by atoms with Gasteiger partial charge in [-0.25, -0.2) is 4.79 Å². The third kappa shape index (κ3) is 5.44. The average Bonchev–Trinajstić information content (AvgIpc) is 2.74. The van der Waals surface area contributed by atoms with Gasteiger partial charge in [0.15, 0.2) is 5.92 Å². The first-order valence-electron chi connectivity index (χ1n) is 10.2. The highest BCUT2D eigenvalue weighted by molar-refractivity contribution is 6.32. The molecule has 0 spiro atoms. The van der Waals surface area contributed by atoms with Gasteiger partial charge in [-0.2, -0.15) is 13.2 Å². The van der Waals surface area contributed by atoms with Crippen molar-refractivity contribution in [1.82, 2.24) is 10.2 Å². The third-order valence-corrected chi connectivity index (χ3v) is 5.79. The van der Waals surface area contributed by atoms with Crippen LogP contribution < -0.4 is 10.1 Å². The quantitative estimate of drug-likeness (QED) is 0.400. The number of rotatable bonds is 8. The van der Waals surface area contributed by atoms with Crippen molar-refractivity contribution in [2.75, 3.05) is 13.1 Å². The van der Waals surface area contributed by atoms with Gasteiger partial charge >= 0.3 is 18.2 Å². The molecule has 0 bridgehead atoms. The van der Waals surface area contributed by atoms with Crippen LogP contribution in [0, 0.1) is 16.0 Å². The minimum absolute atomic E-state index is 0.172. The Bertz CT molecular complexity index is 1030. The number of nitrogens with one attached hydrogen (secondary N) is 1. The largest absolute Gasteiger partial charge is 0.481 e. The number of carboxylic acid groups (broad SMARTS) is 1. The van der Waals surface area contributed by atoms with Crippen LogP contribution in [0.2, 0.25) is 5.02 Å². The molecule has 2 N–H and O–H groups in total. The van der Waals surface area contributed by atoms with E-state index in [0.29, 0.717) is 19.2 Å². The number of alkyl halides is 3. The lowest BCUT2D eigenvalue weighted by molar-refractivity contribution is -0.565. The summed E-state index contributed by atoms with van der Waals surface area (Å²) in [5.74, 6) is -3.72. The molecule has 3 unspecified atom stereocenters. The van der Waals surface area contributed by atoms with Crippen molar-refractivity contribution in [3.63, 3.8) is 0 Å². The molecule has 0 radical (unpaired) electrons. The van der Waals surface area contributed by atoms with E-state index in [1.165, 1.54) is 11.8 Å². The monoisotopic (exact) mass is 505 g/mol. The Morgan fingerprint density at radius 3 is 2.44 bits per heavy atom. The first kappa shape index (κ1) is 27.0. The minimum Gasteiger partial charge on any atom is -0.481 e. The van der Waals surface area contributed by atoms with Gasteiger partial charge in [0.05, 0.1) is 10.6 Å². The van der Waals surface area contributed by atoms with Crippen molar-refractivity contribution >= 4 is 23.6 Å². The first-order chi connectivity index (χ1) is 15.8. The summed E-state index contributed by atoms with van der Waals surface area (Å²) in [7, 11) is 0. The summed E-state index contributed by atoms with van der Waals surface area (Å²) in [6.45, 7) is 5.43. The summed E-state index contributed by atoms with van der Waals surface area (Å²) in [4.78, 5) is 37.1. The van der Waals surface area contributed by atoms with Crippen molar-refractivity contribution in [3.05, 3.63) is 62.9 Å². The number of allylic oxidation sites excluding steroid dienone is 1. The van der Waals surface area contributed by atoms with E-state index in [-0.39, 0.29) is 16.5 Å². The van der Waals surface area contributed by atoms with Crippen LogP contribution in [0.15, 0.2) is 42.2 Å². The van der Waals surface area contributed by atoms with Gasteiger partial charge in [-0.1, -0.05) is 11.6 Å². The number of carbonyl (C=O) groups excluding carboxylic acids is 1. The Morgan fingerprint density at radius 1 is 1.35 bits per heavy atom. The topological polar surface area (TPSA) is 122 Å². The smallest absolute Gasteiger partial charge is 0.416 e. The lowest BCUT2D eigenvalue weighted by Crippen LogP contribution is -2.62. The third-order valence-electron chi connectivity index (χ3n) is 5.50. The molecule has 1 aromatic carbocycles. The Kier molecular flexibility index (Phi) is 8.19. The zero-order valence-electron chi connectivity index (χ0n) is 18.4. The van der Waals surface area contributed by atoms with E-state index in [9.17, 15) is 38.0 Å². The standard InChI is InChI=1S/C21H23ClF3N3O6/c1-4-27(5-2)19(31)26-12(3)20(28(32)33)9-8-14(11-15(20)18(29)30)34-17-7-6-13(10-16(17)22)21(23,24)25/h6-12,15H,4-5H2,1-3H3,(H,26,31)(H,29,30). The van der Waals surface area contributed by atoms with Crippen LogP contribution in [0.4, 0.5) is 18.0 Å². The Balaban J connectivity index is 2.38. The van der Waals surface area contributed by atoms with Crippen LogP contribution in [-0.2, 0) is 11.0 Å². The fraction of sp³-hybridized carbons (Fsp3) is 0.429. The second-order valence-corrected chi connectivity index (χ2v) is 7.86.